The Labute approximate surface area is 109 Å². The van der Waals surface area contributed by atoms with Crippen LogP contribution in [0.25, 0.3) is 11.3 Å². The van der Waals surface area contributed by atoms with Gasteiger partial charge in [-0.25, -0.2) is 0 Å². The second kappa shape index (κ2) is 5.53. The van der Waals surface area contributed by atoms with E-state index < -0.39 is 4.92 Å². The molecule has 1 aromatic heterocycles. The molecule has 0 radical (unpaired) electrons. The summed E-state index contributed by atoms with van der Waals surface area (Å²) in [6.45, 7) is 1.91. The molecule has 0 unspecified atom stereocenters. The van der Waals surface area contributed by atoms with Crippen LogP contribution in [0.1, 0.15) is 12.7 Å². The first kappa shape index (κ1) is 13.1. The smallest absolute Gasteiger partial charge is 0.311 e. The third-order valence-electron chi connectivity index (χ3n) is 2.56. The first-order valence-electron chi connectivity index (χ1n) is 5.77. The van der Waals surface area contributed by atoms with Gasteiger partial charge in [-0.3, -0.25) is 10.1 Å². The van der Waals surface area contributed by atoms with Gasteiger partial charge in [-0.2, -0.15) is 0 Å². The van der Waals surface area contributed by atoms with Crippen molar-refractivity contribution in [2.75, 3.05) is 6.61 Å². The molecule has 1 aromatic carbocycles. The summed E-state index contributed by atoms with van der Waals surface area (Å²) in [5, 5.41) is 19.9. The standard InChI is InChI=1S/C13H13NO5/c1-2-18-13-5-3-9(7-11(13)14(16)17)12-6-4-10(8-15)19-12/h3-7,15H,2,8H2,1H3. The zero-order chi connectivity index (χ0) is 13.8. The number of furan rings is 1. The lowest BCUT2D eigenvalue weighted by Gasteiger charge is -2.05. The molecule has 0 atom stereocenters. The van der Waals surface area contributed by atoms with Gasteiger partial charge in [-0.15, -0.1) is 0 Å². The van der Waals surface area contributed by atoms with Crippen molar-refractivity contribution in [2.24, 2.45) is 0 Å². The lowest BCUT2D eigenvalue weighted by atomic mass is 10.1. The molecule has 0 fully saturated rings. The van der Waals surface area contributed by atoms with E-state index in [-0.39, 0.29) is 18.0 Å². The van der Waals surface area contributed by atoms with Crippen LogP contribution in [0.15, 0.2) is 34.7 Å². The maximum Gasteiger partial charge on any atom is 0.311 e. The fourth-order valence-corrected chi connectivity index (χ4v) is 1.71. The molecule has 6 heteroatoms. The molecule has 0 spiro atoms. The third-order valence-corrected chi connectivity index (χ3v) is 2.56. The topological polar surface area (TPSA) is 85.7 Å². The van der Waals surface area contributed by atoms with Gasteiger partial charge in [0.2, 0.25) is 0 Å². The summed E-state index contributed by atoms with van der Waals surface area (Å²) in [7, 11) is 0. The van der Waals surface area contributed by atoms with Gasteiger partial charge in [0.1, 0.15) is 18.1 Å². The molecule has 2 rings (SSSR count). The van der Waals surface area contributed by atoms with Gasteiger partial charge in [-0.1, -0.05) is 0 Å². The van der Waals surface area contributed by atoms with E-state index in [0.717, 1.165) is 0 Å². The van der Waals surface area contributed by atoms with E-state index in [1.807, 2.05) is 0 Å². The average molecular weight is 263 g/mol. The van der Waals surface area contributed by atoms with Crippen molar-refractivity contribution < 1.29 is 19.2 Å². The summed E-state index contributed by atoms with van der Waals surface area (Å²) in [5.74, 6) is 1.10. The van der Waals surface area contributed by atoms with E-state index in [4.69, 9.17) is 14.3 Å². The van der Waals surface area contributed by atoms with Crippen LogP contribution in [-0.4, -0.2) is 16.6 Å². The molecule has 6 nitrogen and oxygen atoms in total. The zero-order valence-electron chi connectivity index (χ0n) is 10.3. The Hall–Kier alpha value is -2.34. The average Bonchev–Trinajstić information content (AvgIpc) is 2.88. The highest BCUT2D eigenvalue weighted by molar-refractivity contribution is 5.65. The monoisotopic (exact) mass is 263 g/mol. The first-order chi connectivity index (χ1) is 9.15. The normalized spacial score (nSPS) is 10.4. The summed E-state index contributed by atoms with van der Waals surface area (Å²) in [5.41, 5.74) is 0.455. The second-order valence-electron chi connectivity index (χ2n) is 3.80. The molecule has 0 saturated heterocycles. The van der Waals surface area contributed by atoms with E-state index in [1.54, 1.807) is 25.1 Å². The number of nitrogens with zero attached hydrogens (tertiary/aromatic N) is 1. The molecule has 0 saturated carbocycles. The molecule has 0 aliphatic rings. The van der Waals surface area contributed by atoms with Crippen LogP contribution in [0.5, 0.6) is 5.75 Å². The van der Waals surface area contributed by atoms with Crippen LogP contribution in [0.3, 0.4) is 0 Å². The van der Waals surface area contributed by atoms with E-state index in [0.29, 0.717) is 23.7 Å². The quantitative estimate of drug-likeness (QED) is 0.662. The maximum absolute atomic E-state index is 11.0. The number of hydrogen-bond acceptors (Lipinski definition) is 5. The molecular formula is C13H13NO5. The molecule has 2 aromatic rings. The van der Waals surface area contributed by atoms with Crippen LogP contribution < -0.4 is 4.74 Å². The molecule has 1 heterocycles. The molecule has 1 N–H and O–H groups in total. The number of rotatable bonds is 5. The molecule has 0 aliphatic carbocycles. The molecule has 19 heavy (non-hydrogen) atoms. The van der Waals surface area contributed by atoms with E-state index in [1.165, 1.54) is 12.1 Å². The Morgan fingerprint density at radius 2 is 2.16 bits per heavy atom. The van der Waals surface area contributed by atoms with Gasteiger partial charge in [0.15, 0.2) is 5.75 Å². The van der Waals surface area contributed by atoms with Crippen LogP contribution >= 0.6 is 0 Å². The third kappa shape index (κ3) is 2.74. The van der Waals surface area contributed by atoms with Crippen molar-refractivity contribution in [3.63, 3.8) is 0 Å². The number of nitro groups is 1. The Morgan fingerprint density at radius 3 is 2.74 bits per heavy atom. The lowest BCUT2D eigenvalue weighted by molar-refractivity contribution is -0.385. The zero-order valence-corrected chi connectivity index (χ0v) is 10.3. The van der Waals surface area contributed by atoms with Gasteiger partial charge in [0.25, 0.3) is 0 Å². The minimum absolute atomic E-state index is 0.110. The summed E-state index contributed by atoms with van der Waals surface area (Å²) < 4.78 is 10.5. The van der Waals surface area contributed by atoms with Gasteiger partial charge in [0.05, 0.1) is 11.5 Å². The maximum atomic E-state index is 11.0. The van der Waals surface area contributed by atoms with Crippen molar-refractivity contribution in [2.45, 2.75) is 13.5 Å². The predicted molar refractivity (Wildman–Crippen MR) is 67.9 cm³/mol. The van der Waals surface area contributed by atoms with Crippen molar-refractivity contribution in [1.82, 2.24) is 0 Å². The Kier molecular flexibility index (Phi) is 3.82. The molecule has 0 bridgehead atoms. The summed E-state index contributed by atoms with van der Waals surface area (Å²) in [6.07, 6.45) is 0. The van der Waals surface area contributed by atoms with E-state index >= 15 is 0 Å². The van der Waals surface area contributed by atoms with Crippen LogP contribution in [0.2, 0.25) is 0 Å². The van der Waals surface area contributed by atoms with Crippen LogP contribution in [0.4, 0.5) is 5.69 Å². The largest absolute Gasteiger partial charge is 0.487 e. The fraction of sp³-hybridized carbons (Fsp3) is 0.231. The summed E-state index contributed by atoms with van der Waals surface area (Å²) >= 11 is 0. The summed E-state index contributed by atoms with van der Waals surface area (Å²) in [4.78, 5) is 10.5. The number of hydrogen-bond donors (Lipinski definition) is 1. The van der Waals surface area contributed by atoms with E-state index in [2.05, 4.69) is 0 Å². The van der Waals surface area contributed by atoms with E-state index in [9.17, 15) is 10.1 Å². The summed E-state index contributed by atoms with van der Waals surface area (Å²) in [6, 6.07) is 7.89. The number of ether oxygens (including phenoxy) is 1. The number of benzene rings is 1. The lowest BCUT2D eigenvalue weighted by Crippen LogP contribution is -1.97. The van der Waals surface area contributed by atoms with Crippen molar-refractivity contribution in [1.29, 1.82) is 0 Å². The second-order valence-corrected chi connectivity index (χ2v) is 3.80. The van der Waals surface area contributed by atoms with Crippen molar-refractivity contribution in [3.8, 4) is 17.1 Å². The van der Waals surface area contributed by atoms with Gasteiger partial charge < -0.3 is 14.3 Å². The van der Waals surface area contributed by atoms with Gasteiger partial charge >= 0.3 is 5.69 Å². The molecule has 100 valence electrons. The van der Waals surface area contributed by atoms with Crippen molar-refractivity contribution >= 4 is 5.69 Å². The fourth-order valence-electron chi connectivity index (χ4n) is 1.71. The highest BCUT2D eigenvalue weighted by Crippen LogP contribution is 2.33. The highest BCUT2D eigenvalue weighted by Gasteiger charge is 2.17. The number of aliphatic hydroxyl groups is 1. The molecular weight excluding hydrogens is 250 g/mol. The minimum Gasteiger partial charge on any atom is -0.487 e. The van der Waals surface area contributed by atoms with Crippen LogP contribution in [-0.2, 0) is 6.61 Å². The van der Waals surface area contributed by atoms with Gasteiger partial charge in [0, 0.05) is 11.6 Å². The van der Waals surface area contributed by atoms with Gasteiger partial charge in [-0.05, 0) is 31.2 Å². The SMILES string of the molecule is CCOc1ccc(-c2ccc(CO)o2)cc1[N+](=O)[O-]. The molecule has 0 amide bonds. The first-order valence-corrected chi connectivity index (χ1v) is 5.77. The van der Waals surface area contributed by atoms with Crippen molar-refractivity contribution in [3.05, 3.63) is 46.2 Å². The number of nitro benzene ring substituents is 1. The highest BCUT2D eigenvalue weighted by atomic mass is 16.6. The predicted octanol–water partition coefficient (Wildman–Crippen LogP) is 2.75. The Morgan fingerprint density at radius 1 is 1.37 bits per heavy atom. The Balaban J connectivity index is 2.42. The minimum atomic E-state index is -0.496. The van der Waals surface area contributed by atoms with Crippen LogP contribution in [0, 0.1) is 10.1 Å². The Bertz CT molecular complexity index is 590. The number of aliphatic hydroxyl groups excluding tert-OH is 1. The molecule has 0 aliphatic heterocycles.